The van der Waals surface area contributed by atoms with Gasteiger partial charge in [-0.1, -0.05) is 59.4 Å². The van der Waals surface area contributed by atoms with Gasteiger partial charge >= 0.3 is 0 Å². The van der Waals surface area contributed by atoms with Crippen LogP contribution in [0.15, 0.2) is 53.6 Å². The summed E-state index contributed by atoms with van der Waals surface area (Å²) >= 11 is 1.15. The standard InChI is InChI=1S/C20H19N5O2S/c1-13-6-5-8-15(10-13)12-21-23-17(26)11-18-24-25-20(28-18)22-19(27)16-9-4-3-7-14(16)2/h3-10,12H,11H2,1-2H3,(H,23,26)(H,22,25,27)/b21-12+. The number of anilines is 1. The molecule has 0 radical (unpaired) electrons. The fraction of sp³-hybridized carbons (Fsp3) is 0.150. The van der Waals surface area contributed by atoms with Crippen molar-refractivity contribution in [2.45, 2.75) is 20.3 Å². The van der Waals surface area contributed by atoms with Crippen LogP contribution in [0.3, 0.4) is 0 Å². The normalized spacial score (nSPS) is 10.8. The van der Waals surface area contributed by atoms with E-state index in [9.17, 15) is 9.59 Å². The molecule has 0 spiro atoms. The molecule has 0 aliphatic carbocycles. The summed E-state index contributed by atoms with van der Waals surface area (Å²) in [6, 6.07) is 15.0. The van der Waals surface area contributed by atoms with Crippen molar-refractivity contribution in [3.05, 3.63) is 75.8 Å². The molecule has 3 rings (SSSR count). The molecule has 1 aromatic heterocycles. The van der Waals surface area contributed by atoms with Crippen LogP contribution >= 0.6 is 11.3 Å². The van der Waals surface area contributed by atoms with Crippen molar-refractivity contribution in [1.29, 1.82) is 0 Å². The van der Waals surface area contributed by atoms with Crippen LogP contribution < -0.4 is 10.7 Å². The van der Waals surface area contributed by atoms with E-state index in [1.54, 1.807) is 18.3 Å². The Labute approximate surface area is 166 Å². The molecule has 0 aliphatic heterocycles. The first-order valence-corrected chi connectivity index (χ1v) is 9.41. The summed E-state index contributed by atoms with van der Waals surface area (Å²) < 4.78 is 0. The highest BCUT2D eigenvalue weighted by Crippen LogP contribution is 2.17. The molecule has 0 aliphatic rings. The topological polar surface area (TPSA) is 96.3 Å². The molecule has 0 saturated carbocycles. The number of amides is 2. The van der Waals surface area contributed by atoms with E-state index in [1.165, 1.54) is 0 Å². The molecule has 28 heavy (non-hydrogen) atoms. The highest BCUT2D eigenvalue weighted by Gasteiger charge is 2.13. The van der Waals surface area contributed by atoms with E-state index in [1.807, 2.05) is 50.2 Å². The SMILES string of the molecule is Cc1cccc(/C=N/NC(=O)Cc2nnc(NC(=O)c3ccccc3C)s2)c1. The zero-order valence-corrected chi connectivity index (χ0v) is 16.3. The minimum Gasteiger partial charge on any atom is -0.296 e. The van der Waals surface area contributed by atoms with Crippen molar-refractivity contribution >= 4 is 34.5 Å². The van der Waals surface area contributed by atoms with Crippen LogP contribution in [-0.2, 0) is 11.2 Å². The van der Waals surface area contributed by atoms with Crippen LogP contribution in [0.5, 0.6) is 0 Å². The summed E-state index contributed by atoms with van der Waals surface area (Å²) in [5.41, 5.74) is 5.92. The first-order valence-electron chi connectivity index (χ1n) is 8.59. The van der Waals surface area contributed by atoms with Crippen molar-refractivity contribution in [2.75, 3.05) is 5.32 Å². The second kappa shape index (κ2) is 9.01. The van der Waals surface area contributed by atoms with E-state index in [0.717, 1.165) is 28.0 Å². The Morgan fingerprint density at radius 1 is 1.11 bits per heavy atom. The van der Waals surface area contributed by atoms with Gasteiger partial charge in [0.05, 0.1) is 12.6 Å². The minimum atomic E-state index is -0.308. The average Bonchev–Trinajstić information content (AvgIpc) is 3.08. The van der Waals surface area contributed by atoms with E-state index >= 15 is 0 Å². The van der Waals surface area contributed by atoms with Crippen LogP contribution in [0.2, 0.25) is 0 Å². The first-order chi connectivity index (χ1) is 13.5. The molecule has 0 bridgehead atoms. The van der Waals surface area contributed by atoms with Gasteiger partial charge in [0.15, 0.2) is 0 Å². The molecule has 2 aromatic carbocycles. The van der Waals surface area contributed by atoms with Crippen molar-refractivity contribution < 1.29 is 9.59 Å². The van der Waals surface area contributed by atoms with E-state index in [0.29, 0.717) is 15.7 Å². The monoisotopic (exact) mass is 393 g/mol. The minimum absolute atomic E-state index is 0.0308. The van der Waals surface area contributed by atoms with Crippen LogP contribution in [0.4, 0.5) is 5.13 Å². The molecule has 0 atom stereocenters. The number of hydrogen-bond donors (Lipinski definition) is 2. The Morgan fingerprint density at radius 3 is 2.71 bits per heavy atom. The maximum absolute atomic E-state index is 12.3. The van der Waals surface area contributed by atoms with Gasteiger partial charge in [0.1, 0.15) is 5.01 Å². The van der Waals surface area contributed by atoms with E-state index in [-0.39, 0.29) is 18.2 Å². The molecular formula is C20H19N5O2S. The van der Waals surface area contributed by atoms with Gasteiger partial charge in [-0.3, -0.25) is 14.9 Å². The van der Waals surface area contributed by atoms with Gasteiger partial charge in [0.2, 0.25) is 11.0 Å². The third kappa shape index (κ3) is 5.31. The Bertz CT molecular complexity index is 1030. The van der Waals surface area contributed by atoms with Crippen LogP contribution in [0.25, 0.3) is 0 Å². The van der Waals surface area contributed by atoms with Gasteiger partial charge in [0.25, 0.3) is 5.91 Å². The van der Waals surface area contributed by atoms with Gasteiger partial charge < -0.3 is 0 Å². The molecule has 3 aromatic rings. The number of benzene rings is 2. The van der Waals surface area contributed by atoms with Gasteiger partial charge in [-0.15, -0.1) is 10.2 Å². The molecule has 142 valence electrons. The smallest absolute Gasteiger partial charge is 0.257 e. The zero-order valence-electron chi connectivity index (χ0n) is 15.5. The maximum Gasteiger partial charge on any atom is 0.257 e. The number of carbonyl (C=O) groups excluding carboxylic acids is 2. The third-order valence-electron chi connectivity index (χ3n) is 3.83. The number of carbonyl (C=O) groups is 2. The van der Waals surface area contributed by atoms with Gasteiger partial charge in [-0.25, -0.2) is 5.43 Å². The number of nitrogens with zero attached hydrogens (tertiary/aromatic N) is 3. The lowest BCUT2D eigenvalue weighted by atomic mass is 10.1. The van der Waals surface area contributed by atoms with Crippen molar-refractivity contribution in [2.24, 2.45) is 5.10 Å². The zero-order chi connectivity index (χ0) is 19.9. The Hall–Kier alpha value is -3.39. The summed E-state index contributed by atoms with van der Waals surface area (Å²) in [4.78, 5) is 24.3. The number of aromatic nitrogens is 2. The molecule has 0 fully saturated rings. The summed E-state index contributed by atoms with van der Waals surface area (Å²) in [6.45, 7) is 3.85. The molecule has 1 heterocycles. The lowest BCUT2D eigenvalue weighted by Gasteiger charge is -2.03. The Morgan fingerprint density at radius 2 is 1.93 bits per heavy atom. The van der Waals surface area contributed by atoms with Gasteiger partial charge in [-0.05, 0) is 31.0 Å². The molecule has 2 amide bonds. The Kier molecular flexibility index (Phi) is 6.23. The fourth-order valence-corrected chi connectivity index (χ4v) is 3.21. The maximum atomic E-state index is 12.3. The number of aryl methyl sites for hydroxylation is 2. The van der Waals surface area contributed by atoms with Crippen LogP contribution in [0.1, 0.15) is 32.1 Å². The predicted molar refractivity (Wildman–Crippen MR) is 110 cm³/mol. The number of nitrogens with one attached hydrogen (secondary N) is 2. The first kappa shape index (κ1) is 19.4. The molecule has 2 N–H and O–H groups in total. The summed E-state index contributed by atoms with van der Waals surface area (Å²) in [7, 11) is 0. The van der Waals surface area contributed by atoms with E-state index in [2.05, 4.69) is 26.0 Å². The summed E-state index contributed by atoms with van der Waals surface area (Å²) in [5.74, 6) is -0.565. The number of hydrazone groups is 1. The second-order valence-electron chi connectivity index (χ2n) is 6.15. The molecule has 0 saturated heterocycles. The number of hydrogen-bond acceptors (Lipinski definition) is 6. The Balaban J connectivity index is 1.53. The quantitative estimate of drug-likeness (QED) is 0.497. The average molecular weight is 393 g/mol. The lowest BCUT2D eigenvalue weighted by Crippen LogP contribution is -2.19. The van der Waals surface area contributed by atoms with E-state index in [4.69, 9.17) is 0 Å². The van der Waals surface area contributed by atoms with Gasteiger partial charge in [0, 0.05) is 5.56 Å². The molecular weight excluding hydrogens is 374 g/mol. The third-order valence-corrected chi connectivity index (χ3v) is 4.67. The summed E-state index contributed by atoms with van der Waals surface area (Å²) in [6.07, 6.45) is 1.61. The fourth-order valence-electron chi connectivity index (χ4n) is 2.47. The molecule has 8 heteroatoms. The van der Waals surface area contributed by atoms with Crippen molar-refractivity contribution in [3.63, 3.8) is 0 Å². The largest absolute Gasteiger partial charge is 0.296 e. The van der Waals surface area contributed by atoms with Gasteiger partial charge in [-0.2, -0.15) is 5.10 Å². The number of rotatable bonds is 6. The summed E-state index contributed by atoms with van der Waals surface area (Å²) in [5, 5.41) is 15.4. The van der Waals surface area contributed by atoms with Crippen LogP contribution in [0, 0.1) is 13.8 Å². The lowest BCUT2D eigenvalue weighted by molar-refractivity contribution is -0.120. The molecule has 7 nitrogen and oxygen atoms in total. The van der Waals surface area contributed by atoms with Crippen LogP contribution in [-0.4, -0.2) is 28.2 Å². The van der Waals surface area contributed by atoms with E-state index < -0.39 is 0 Å². The predicted octanol–water partition coefficient (Wildman–Crippen LogP) is 3.10. The highest BCUT2D eigenvalue weighted by atomic mass is 32.1. The highest BCUT2D eigenvalue weighted by molar-refractivity contribution is 7.15. The molecule has 0 unspecified atom stereocenters. The van der Waals surface area contributed by atoms with Crippen molar-refractivity contribution in [1.82, 2.24) is 15.6 Å². The second-order valence-corrected chi connectivity index (χ2v) is 7.22. The van der Waals surface area contributed by atoms with Crippen molar-refractivity contribution in [3.8, 4) is 0 Å².